The van der Waals surface area contributed by atoms with Crippen molar-refractivity contribution in [3.63, 3.8) is 0 Å². The molecule has 0 aliphatic carbocycles. The summed E-state index contributed by atoms with van der Waals surface area (Å²) in [7, 11) is 0. The summed E-state index contributed by atoms with van der Waals surface area (Å²) in [6.45, 7) is 7.43. The smallest absolute Gasteiger partial charge is 0.0348 e. The average molecular weight is 241 g/mol. The Bertz CT molecular complexity index is 311. The van der Waals surface area contributed by atoms with Crippen LogP contribution < -0.4 is 0 Å². The third kappa shape index (κ3) is 14.4. The zero-order chi connectivity index (χ0) is 13.3. The average Bonchev–Trinajstić information content (AvgIpc) is 2.39. The van der Waals surface area contributed by atoms with Crippen molar-refractivity contribution in [2.75, 3.05) is 0 Å². The monoisotopic (exact) mass is 241 g/mol. The van der Waals surface area contributed by atoms with Gasteiger partial charge in [0, 0.05) is 0 Å². The fourth-order valence-corrected chi connectivity index (χ4v) is 1.38. The molecule has 0 amide bonds. The van der Waals surface area contributed by atoms with Crippen LogP contribution in [-0.2, 0) is 0 Å². The summed E-state index contributed by atoms with van der Waals surface area (Å²) in [5.74, 6) is 0. The molecule has 0 rings (SSSR count). The van der Waals surface area contributed by atoms with Crippen molar-refractivity contribution in [2.45, 2.75) is 39.0 Å². The van der Waals surface area contributed by atoms with Crippen molar-refractivity contribution in [3.05, 3.63) is 73.4 Å². The van der Waals surface area contributed by atoms with Crippen LogP contribution in [-0.4, -0.2) is 0 Å². The van der Waals surface area contributed by atoms with E-state index >= 15 is 0 Å². The summed E-state index contributed by atoms with van der Waals surface area (Å²) in [4.78, 5) is 0. The lowest BCUT2D eigenvalue weighted by Crippen LogP contribution is -1.72. The van der Waals surface area contributed by atoms with Gasteiger partial charge >= 0.3 is 0 Å². The molecule has 0 aromatic heterocycles. The van der Waals surface area contributed by atoms with Crippen LogP contribution >= 0.6 is 0 Å². The highest BCUT2D eigenvalue weighted by Gasteiger charge is 1.82. The molecule has 0 fully saturated rings. The molecule has 0 aromatic rings. The maximum Gasteiger partial charge on any atom is -0.0348 e. The lowest BCUT2D eigenvalue weighted by Gasteiger charge is -1.92. The zero-order valence-electron chi connectivity index (χ0n) is 11.5. The van der Waals surface area contributed by atoms with Gasteiger partial charge in [-0.2, -0.15) is 0 Å². The van der Waals surface area contributed by atoms with Gasteiger partial charge in [0.2, 0.25) is 0 Å². The van der Waals surface area contributed by atoms with Crippen LogP contribution in [0, 0.1) is 6.58 Å². The molecule has 0 saturated heterocycles. The molecule has 0 heterocycles. The molecule has 0 saturated carbocycles. The molecule has 0 bridgehead atoms. The van der Waals surface area contributed by atoms with Crippen molar-refractivity contribution in [1.29, 1.82) is 0 Å². The van der Waals surface area contributed by atoms with Gasteiger partial charge in [-0.1, -0.05) is 99.6 Å². The van der Waals surface area contributed by atoms with E-state index in [9.17, 15) is 0 Å². The van der Waals surface area contributed by atoms with Gasteiger partial charge in [0.05, 0.1) is 0 Å². The van der Waals surface area contributed by atoms with Gasteiger partial charge in [0.1, 0.15) is 0 Å². The van der Waals surface area contributed by atoms with E-state index in [4.69, 9.17) is 6.58 Å². The number of unbranched alkanes of at least 4 members (excludes halogenated alkanes) is 4. The summed E-state index contributed by atoms with van der Waals surface area (Å²) in [6, 6.07) is 0. The predicted octanol–water partition coefficient (Wildman–Crippen LogP) is 5.73. The molecule has 0 aliphatic rings. The number of hydrogen-bond acceptors (Lipinski definition) is 0. The van der Waals surface area contributed by atoms with Gasteiger partial charge in [-0.05, 0) is 12.8 Å². The first kappa shape index (κ1) is 16.4. The molecule has 0 aliphatic heterocycles. The number of hydrogen-bond donors (Lipinski definition) is 0. The van der Waals surface area contributed by atoms with E-state index in [1.54, 1.807) is 6.08 Å². The molecule has 0 atom stereocenters. The quantitative estimate of drug-likeness (QED) is 0.338. The van der Waals surface area contributed by atoms with Crippen molar-refractivity contribution in [3.8, 4) is 0 Å². The number of allylic oxidation sites excluding steroid dienone is 11. The van der Waals surface area contributed by atoms with Crippen LogP contribution in [0.3, 0.4) is 0 Å². The molecule has 0 aromatic carbocycles. The van der Waals surface area contributed by atoms with Crippen molar-refractivity contribution in [2.24, 2.45) is 0 Å². The summed E-state index contributed by atoms with van der Waals surface area (Å²) in [6.07, 6.45) is 28.1. The van der Waals surface area contributed by atoms with Gasteiger partial charge in [0.15, 0.2) is 0 Å². The second-order valence-corrected chi connectivity index (χ2v) is 4.01. The molecule has 0 nitrogen and oxygen atoms in total. The normalized spacial score (nSPS) is 12.9. The molecule has 0 heteroatoms. The van der Waals surface area contributed by atoms with Crippen LogP contribution in [0.5, 0.6) is 0 Å². The van der Waals surface area contributed by atoms with E-state index in [0.717, 1.165) is 0 Å². The Kier molecular flexibility index (Phi) is 14.1. The molecule has 18 heavy (non-hydrogen) atoms. The summed E-state index contributed by atoms with van der Waals surface area (Å²) in [5, 5.41) is 0. The van der Waals surface area contributed by atoms with Crippen molar-refractivity contribution in [1.82, 2.24) is 0 Å². The van der Waals surface area contributed by atoms with Crippen LogP contribution in [0.4, 0.5) is 0 Å². The van der Waals surface area contributed by atoms with Crippen LogP contribution in [0.25, 0.3) is 0 Å². The van der Waals surface area contributed by atoms with Crippen molar-refractivity contribution < 1.29 is 0 Å². The fraction of sp³-hybridized carbons (Fsp3) is 0.333. The first-order valence-electron chi connectivity index (χ1n) is 6.78. The minimum absolute atomic E-state index is 1.19. The third-order valence-corrected chi connectivity index (χ3v) is 2.36. The molecular formula is C18H25. The van der Waals surface area contributed by atoms with E-state index in [-0.39, 0.29) is 0 Å². The van der Waals surface area contributed by atoms with Crippen molar-refractivity contribution >= 4 is 0 Å². The minimum atomic E-state index is 1.19. The standard InChI is InChI=1S/C18H25/c1-3-5-7-9-11-13-15-17-18-16-14-12-10-8-6-4-2/h1,3,5,7,9,11,13-18H,4,6,8,10,12H2,2H3. The van der Waals surface area contributed by atoms with Gasteiger partial charge in [-0.25, -0.2) is 0 Å². The highest BCUT2D eigenvalue weighted by atomic mass is 13.9. The summed E-state index contributed by atoms with van der Waals surface area (Å²) in [5.41, 5.74) is 0. The van der Waals surface area contributed by atoms with Gasteiger partial charge in [0.25, 0.3) is 0 Å². The zero-order valence-corrected chi connectivity index (χ0v) is 11.5. The largest absolute Gasteiger partial charge is 0.0845 e. The van der Waals surface area contributed by atoms with Crippen LogP contribution in [0.15, 0.2) is 66.8 Å². The predicted molar refractivity (Wildman–Crippen MR) is 83.3 cm³/mol. The van der Waals surface area contributed by atoms with Gasteiger partial charge in [-0.3, -0.25) is 0 Å². The minimum Gasteiger partial charge on any atom is -0.0845 e. The Morgan fingerprint density at radius 2 is 1.22 bits per heavy atom. The summed E-state index contributed by atoms with van der Waals surface area (Å²) >= 11 is 0. The molecule has 97 valence electrons. The second-order valence-electron chi connectivity index (χ2n) is 4.01. The summed E-state index contributed by atoms with van der Waals surface area (Å²) < 4.78 is 0. The SMILES string of the molecule is [CH]=CC=CC=CC=CC=CC=CCCCCCC. The highest BCUT2D eigenvalue weighted by Crippen LogP contribution is 2.02. The Morgan fingerprint density at radius 3 is 1.78 bits per heavy atom. The second kappa shape index (κ2) is 15.4. The van der Waals surface area contributed by atoms with Gasteiger partial charge in [-0.15, -0.1) is 0 Å². The van der Waals surface area contributed by atoms with Gasteiger partial charge < -0.3 is 0 Å². The molecule has 0 N–H and O–H groups in total. The topological polar surface area (TPSA) is 0 Å². The maximum absolute atomic E-state index is 5.19. The molecular weight excluding hydrogens is 216 g/mol. The lowest BCUT2D eigenvalue weighted by molar-refractivity contribution is 0.674. The van der Waals surface area contributed by atoms with E-state index < -0.39 is 0 Å². The third-order valence-electron chi connectivity index (χ3n) is 2.36. The maximum atomic E-state index is 5.19. The Morgan fingerprint density at radius 1 is 0.667 bits per heavy atom. The lowest BCUT2D eigenvalue weighted by atomic mass is 10.1. The Hall–Kier alpha value is -1.56. The Balaban J connectivity index is 3.54. The van der Waals surface area contributed by atoms with Crippen LogP contribution in [0.2, 0.25) is 0 Å². The van der Waals surface area contributed by atoms with E-state index in [1.165, 1.54) is 38.2 Å². The van der Waals surface area contributed by atoms with E-state index in [0.29, 0.717) is 0 Å². The van der Waals surface area contributed by atoms with E-state index in [1.807, 2.05) is 36.5 Å². The first-order valence-corrected chi connectivity index (χ1v) is 6.78. The number of rotatable bonds is 10. The first-order chi connectivity index (χ1) is 8.91. The molecule has 0 unspecified atom stereocenters. The van der Waals surface area contributed by atoms with E-state index in [2.05, 4.69) is 25.2 Å². The molecule has 1 radical (unpaired) electrons. The molecule has 0 spiro atoms. The highest BCUT2D eigenvalue weighted by molar-refractivity contribution is 5.18. The Labute approximate surface area is 113 Å². The fourth-order valence-electron chi connectivity index (χ4n) is 1.38. The van der Waals surface area contributed by atoms with Crippen LogP contribution in [0.1, 0.15) is 39.0 Å².